The van der Waals surface area contributed by atoms with Crippen molar-refractivity contribution in [3.05, 3.63) is 17.5 Å². The summed E-state index contributed by atoms with van der Waals surface area (Å²) in [7, 11) is 5.69. The summed E-state index contributed by atoms with van der Waals surface area (Å²) in [4.78, 5) is 18.2. The molecule has 0 aliphatic rings. The topological polar surface area (TPSA) is 74.6 Å². The molecule has 0 fully saturated rings. The quantitative estimate of drug-likeness (QED) is 0.554. The van der Waals surface area contributed by atoms with Crippen molar-refractivity contribution in [2.75, 3.05) is 20.6 Å². The Morgan fingerprint density at radius 3 is 2.64 bits per heavy atom. The minimum Gasteiger partial charge on any atom is -0.356 e. The maximum absolute atomic E-state index is 11.8. The molecule has 0 saturated heterocycles. The number of aryl methyl sites for hydroxylation is 1. The smallest absolute Gasteiger partial charge is 0.221 e. The van der Waals surface area contributed by atoms with Crippen molar-refractivity contribution in [3.8, 4) is 0 Å². The van der Waals surface area contributed by atoms with Crippen molar-refractivity contribution in [2.45, 2.75) is 59.0 Å². The molecule has 0 saturated carbocycles. The minimum absolute atomic E-state index is 0.0642. The van der Waals surface area contributed by atoms with Crippen LogP contribution in [0.2, 0.25) is 0 Å². The largest absolute Gasteiger partial charge is 0.356 e. The Bertz CT molecular complexity index is 578. The van der Waals surface area contributed by atoms with Gasteiger partial charge in [-0.3, -0.25) is 14.5 Å². The van der Waals surface area contributed by atoms with Crippen molar-refractivity contribution in [3.63, 3.8) is 0 Å². The number of aromatic nitrogens is 2. The summed E-state index contributed by atoms with van der Waals surface area (Å²) in [5, 5.41) is 10.8. The van der Waals surface area contributed by atoms with Gasteiger partial charge < -0.3 is 15.5 Å². The summed E-state index contributed by atoms with van der Waals surface area (Å²) in [5.41, 5.74) is 2.30. The predicted octanol–water partition coefficient (Wildman–Crippen LogP) is 1.86. The molecule has 7 heteroatoms. The van der Waals surface area contributed by atoms with Crippen LogP contribution in [0.3, 0.4) is 0 Å². The first-order valence-electron chi connectivity index (χ1n) is 9.02. The normalized spacial score (nSPS) is 13.0. The van der Waals surface area contributed by atoms with Gasteiger partial charge in [0, 0.05) is 58.5 Å². The predicted molar refractivity (Wildman–Crippen MR) is 103 cm³/mol. The maximum atomic E-state index is 11.8. The molecule has 142 valence electrons. The second kappa shape index (κ2) is 10.1. The van der Waals surface area contributed by atoms with Crippen molar-refractivity contribution < 1.29 is 4.79 Å². The molecule has 1 rings (SSSR count). The zero-order valence-electron chi connectivity index (χ0n) is 16.8. The van der Waals surface area contributed by atoms with Gasteiger partial charge in [0.05, 0.1) is 5.69 Å². The molecule has 7 nitrogen and oxygen atoms in total. The molecule has 25 heavy (non-hydrogen) atoms. The summed E-state index contributed by atoms with van der Waals surface area (Å²) < 4.78 is 1.86. The second-order valence-electron chi connectivity index (χ2n) is 6.82. The Hall–Kier alpha value is -2.05. The van der Waals surface area contributed by atoms with E-state index in [1.54, 1.807) is 7.05 Å². The molecule has 0 aromatic carbocycles. The molecule has 1 atom stereocenters. The van der Waals surface area contributed by atoms with Gasteiger partial charge in [-0.25, -0.2) is 0 Å². The van der Waals surface area contributed by atoms with E-state index in [0.29, 0.717) is 18.9 Å². The average molecular weight is 351 g/mol. The lowest BCUT2D eigenvalue weighted by molar-refractivity contribution is -0.121. The molecule has 0 aliphatic carbocycles. The molecule has 1 unspecified atom stereocenters. The monoisotopic (exact) mass is 350 g/mol. The van der Waals surface area contributed by atoms with Crippen molar-refractivity contribution in [1.29, 1.82) is 0 Å². The molecule has 1 aromatic heterocycles. The van der Waals surface area contributed by atoms with Crippen LogP contribution in [0.4, 0.5) is 0 Å². The van der Waals surface area contributed by atoms with Crippen LogP contribution < -0.4 is 10.6 Å². The van der Waals surface area contributed by atoms with Crippen LogP contribution in [-0.4, -0.2) is 53.2 Å². The van der Waals surface area contributed by atoms with Crippen LogP contribution in [0, 0.1) is 0 Å². The fourth-order valence-electron chi connectivity index (χ4n) is 2.61. The highest BCUT2D eigenvalue weighted by atomic mass is 16.1. The molecular weight excluding hydrogens is 316 g/mol. The molecule has 1 amide bonds. The highest BCUT2D eigenvalue weighted by molar-refractivity contribution is 5.81. The number of hydrogen-bond donors (Lipinski definition) is 2. The van der Waals surface area contributed by atoms with Gasteiger partial charge in [-0.2, -0.15) is 5.10 Å². The Labute approximate surface area is 151 Å². The standard InChI is InChI=1S/C18H34N6O/c1-8-14(4)21-16(25)9-10-20-18(19-5)23(6)11-15-12-24(7)22-17(15)13(2)3/h12-14H,8-11H2,1-7H3,(H,19,20)(H,21,25). The first-order chi connectivity index (χ1) is 11.8. The molecule has 1 heterocycles. The van der Waals surface area contributed by atoms with Crippen molar-refractivity contribution in [2.24, 2.45) is 12.0 Å². The number of carbonyl (C=O) groups is 1. The van der Waals surface area contributed by atoms with Gasteiger partial charge in [0.2, 0.25) is 5.91 Å². The number of carbonyl (C=O) groups excluding carboxylic acids is 1. The molecular formula is C18H34N6O. The zero-order chi connectivity index (χ0) is 19.0. The summed E-state index contributed by atoms with van der Waals surface area (Å²) >= 11 is 0. The highest BCUT2D eigenvalue weighted by Gasteiger charge is 2.15. The fraction of sp³-hybridized carbons (Fsp3) is 0.722. The first kappa shape index (κ1) is 21.0. The van der Waals surface area contributed by atoms with Crippen LogP contribution in [0.1, 0.15) is 57.7 Å². The van der Waals surface area contributed by atoms with Gasteiger partial charge >= 0.3 is 0 Å². The Kier molecular flexibility index (Phi) is 8.45. The summed E-state index contributed by atoms with van der Waals surface area (Å²) in [6, 6.07) is 0.217. The van der Waals surface area contributed by atoms with Crippen molar-refractivity contribution >= 4 is 11.9 Å². The van der Waals surface area contributed by atoms with Gasteiger partial charge in [0.25, 0.3) is 0 Å². The van der Waals surface area contributed by atoms with Crippen LogP contribution in [0.25, 0.3) is 0 Å². The summed E-state index contributed by atoms with van der Waals surface area (Å²) in [6.45, 7) is 9.65. The van der Waals surface area contributed by atoms with Crippen molar-refractivity contribution in [1.82, 2.24) is 25.3 Å². The van der Waals surface area contributed by atoms with Gasteiger partial charge in [0.1, 0.15) is 0 Å². The van der Waals surface area contributed by atoms with E-state index in [0.717, 1.165) is 24.6 Å². The van der Waals surface area contributed by atoms with E-state index in [1.165, 1.54) is 5.56 Å². The molecule has 0 aliphatic heterocycles. The number of guanidine groups is 1. The van der Waals surface area contributed by atoms with Crippen LogP contribution in [0.5, 0.6) is 0 Å². The zero-order valence-corrected chi connectivity index (χ0v) is 16.8. The summed E-state index contributed by atoms with van der Waals surface area (Å²) in [6.07, 6.45) is 3.42. The average Bonchev–Trinajstić information content (AvgIpc) is 2.91. The fourth-order valence-corrected chi connectivity index (χ4v) is 2.61. The van der Waals surface area contributed by atoms with E-state index in [4.69, 9.17) is 0 Å². The summed E-state index contributed by atoms with van der Waals surface area (Å²) in [5.74, 6) is 1.22. The Balaban J connectivity index is 2.56. The third-order valence-electron chi connectivity index (χ3n) is 4.12. The van der Waals surface area contributed by atoms with E-state index in [1.807, 2.05) is 25.7 Å². The third kappa shape index (κ3) is 6.76. The van der Waals surface area contributed by atoms with E-state index in [2.05, 4.69) is 52.6 Å². The lowest BCUT2D eigenvalue weighted by atomic mass is 10.1. The van der Waals surface area contributed by atoms with Crippen LogP contribution >= 0.6 is 0 Å². The number of nitrogens with zero attached hydrogens (tertiary/aromatic N) is 4. The number of hydrogen-bond acceptors (Lipinski definition) is 3. The lowest BCUT2D eigenvalue weighted by Crippen LogP contribution is -2.41. The van der Waals surface area contributed by atoms with E-state index < -0.39 is 0 Å². The third-order valence-corrected chi connectivity index (χ3v) is 4.12. The Morgan fingerprint density at radius 2 is 2.08 bits per heavy atom. The number of aliphatic imine (C=N–C) groups is 1. The molecule has 0 spiro atoms. The van der Waals surface area contributed by atoms with Gasteiger partial charge in [-0.05, 0) is 19.3 Å². The van der Waals surface area contributed by atoms with Gasteiger partial charge in [0.15, 0.2) is 5.96 Å². The number of amides is 1. The van der Waals surface area contributed by atoms with Gasteiger partial charge in [-0.15, -0.1) is 0 Å². The van der Waals surface area contributed by atoms with E-state index in [-0.39, 0.29) is 11.9 Å². The Morgan fingerprint density at radius 1 is 1.40 bits per heavy atom. The van der Waals surface area contributed by atoms with Crippen LogP contribution in [0.15, 0.2) is 11.2 Å². The first-order valence-corrected chi connectivity index (χ1v) is 9.02. The molecule has 2 N–H and O–H groups in total. The molecule has 0 radical (unpaired) electrons. The number of rotatable bonds is 8. The minimum atomic E-state index is 0.0642. The lowest BCUT2D eigenvalue weighted by Gasteiger charge is -2.22. The van der Waals surface area contributed by atoms with E-state index in [9.17, 15) is 4.79 Å². The molecule has 0 bridgehead atoms. The number of nitrogens with one attached hydrogen (secondary N) is 2. The SMILES string of the molecule is CCC(C)NC(=O)CCNC(=NC)N(C)Cc1cn(C)nc1C(C)C. The highest BCUT2D eigenvalue weighted by Crippen LogP contribution is 2.18. The van der Waals surface area contributed by atoms with E-state index >= 15 is 0 Å². The van der Waals surface area contributed by atoms with Gasteiger partial charge in [-0.1, -0.05) is 20.8 Å². The molecule has 1 aromatic rings. The second-order valence-corrected chi connectivity index (χ2v) is 6.82. The maximum Gasteiger partial charge on any atom is 0.221 e. The van der Waals surface area contributed by atoms with Crippen LogP contribution in [-0.2, 0) is 18.4 Å².